The zero-order valence-electron chi connectivity index (χ0n) is 14.3. The molecule has 122 valence electrons. The zero-order chi connectivity index (χ0) is 16.7. The van der Waals surface area contributed by atoms with Gasteiger partial charge in [-0.15, -0.1) is 0 Å². The summed E-state index contributed by atoms with van der Waals surface area (Å²) in [7, 11) is 4.04. The van der Waals surface area contributed by atoms with Gasteiger partial charge >= 0.3 is 0 Å². The van der Waals surface area contributed by atoms with Crippen LogP contribution in [-0.4, -0.2) is 26.4 Å². The van der Waals surface area contributed by atoms with Crippen LogP contribution in [0.1, 0.15) is 30.4 Å². The number of hydrogen-bond acceptors (Lipinski definition) is 3. The molecular weight excluding hydrogens is 284 g/mol. The second-order valence-electron chi connectivity index (χ2n) is 6.04. The van der Waals surface area contributed by atoms with Crippen molar-refractivity contribution in [2.45, 2.75) is 26.2 Å². The van der Waals surface area contributed by atoms with Crippen molar-refractivity contribution in [1.29, 1.82) is 5.41 Å². The van der Waals surface area contributed by atoms with Crippen LogP contribution in [-0.2, 0) is 0 Å². The molecule has 1 N–H and O–H groups in total. The van der Waals surface area contributed by atoms with Gasteiger partial charge in [-0.2, -0.15) is 0 Å². The van der Waals surface area contributed by atoms with Crippen molar-refractivity contribution < 1.29 is 4.74 Å². The Kier molecular flexibility index (Phi) is 6.21. The minimum Gasteiger partial charge on any atom is -0.494 e. The molecule has 0 aromatic heterocycles. The fourth-order valence-electron chi connectivity index (χ4n) is 2.33. The first kappa shape index (κ1) is 17.1. The van der Waals surface area contributed by atoms with Crippen molar-refractivity contribution in [2.24, 2.45) is 0 Å². The minimum absolute atomic E-state index is 0.700. The van der Waals surface area contributed by atoms with Gasteiger partial charge in [-0.25, -0.2) is 0 Å². The predicted molar refractivity (Wildman–Crippen MR) is 98.1 cm³/mol. The molecule has 0 saturated heterocycles. The highest BCUT2D eigenvalue weighted by Gasteiger charge is 2.03. The maximum atomic E-state index is 8.18. The van der Waals surface area contributed by atoms with Crippen LogP contribution in [0.15, 0.2) is 48.5 Å². The summed E-state index contributed by atoms with van der Waals surface area (Å²) in [6.45, 7) is 2.77. The number of ether oxygens (including phenoxy) is 1. The number of benzene rings is 2. The van der Waals surface area contributed by atoms with Crippen molar-refractivity contribution in [3.05, 3.63) is 59.7 Å². The summed E-state index contributed by atoms with van der Waals surface area (Å²) in [6, 6.07) is 16.3. The number of aryl methyl sites for hydroxylation is 1. The molecule has 2 rings (SSSR count). The quantitative estimate of drug-likeness (QED) is 0.568. The Morgan fingerprint density at radius 1 is 0.957 bits per heavy atom. The summed E-state index contributed by atoms with van der Waals surface area (Å²) >= 11 is 0. The predicted octanol–water partition coefficient (Wildman–Crippen LogP) is 4.68. The molecule has 0 radical (unpaired) electrons. The largest absolute Gasteiger partial charge is 0.494 e. The monoisotopic (exact) mass is 310 g/mol. The van der Waals surface area contributed by atoms with Gasteiger partial charge in [0.1, 0.15) is 5.75 Å². The van der Waals surface area contributed by atoms with Gasteiger partial charge in [-0.05, 0) is 56.0 Å². The number of unbranched alkanes of at least 4 members (excludes halogenated alkanes) is 1. The van der Waals surface area contributed by atoms with Crippen molar-refractivity contribution in [1.82, 2.24) is 0 Å². The first-order valence-corrected chi connectivity index (χ1v) is 8.11. The van der Waals surface area contributed by atoms with Gasteiger partial charge in [0.2, 0.25) is 0 Å². The van der Waals surface area contributed by atoms with Crippen molar-refractivity contribution in [3.63, 3.8) is 0 Å². The zero-order valence-corrected chi connectivity index (χ0v) is 14.3. The van der Waals surface area contributed by atoms with Gasteiger partial charge < -0.3 is 15.0 Å². The normalized spacial score (nSPS) is 10.4. The number of hydrogen-bond donors (Lipinski definition) is 1. The molecule has 0 atom stereocenters. The van der Waals surface area contributed by atoms with Gasteiger partial charge in [0.25, 0.3) is 0 Å². The number of nitrogens with one attached hydrogen (secondary N) is 1. The number of rotatable bonds is 8. The summed E-state index contributed by atoms with van der Waals surface area (Å²) in [5.41, 5.74) is 4.11. The number of anilines is 1. The molecule has 3 nitrogen and oxygen atoms in total. The van der Waals surface area contributed by atoms with E-state index in [9.17, 15) is 0 Å². The summed E-state index contributed by atoms with van der Waals surface area (Å²) in [5.74, 6) is 0.921. The molecule has 0 bridgehead atoms. The Morgan fingerprint density at radius 2 is 1.61 bits per heavy atom. The fraction of sp³-hybridized carbons (Fsp3) is 0.350. The lowest BCUT2D eigenvalue weighted by atomic mass is 10.0. The standard InChI is InChI=1S/C20H26N2O/c1-16-7-13-19(14-8-16)23-15-5-4-6-20(21)17-9-11-18(12-10-17)22(2)3/h7-14,21H,4-6,15H2,1-3H3. The Balaban J connectivity index is 1.69. The van der Waals surface area contributed by atoms with Crippen LogP contribution >= 0.6 is 0 Å². The van der Waals surface area contributed by atoms with E-state index in [0.29, 0.717) is 12.3 Å². The fourth-order valence-corrected chi connectivity index (χ4v) is 2.33. The topological polar surface area (TPSA) is 36.3 Å². The second kappa shape index (κ2) is 8.37. The molecule has 2 aromatic carbocycles. The molecule has 0 fully saturated rings. The van der Waals surface area contributed by atoms with Crippen LogP contribution < -0.4 is 9.64 Å². The van der Waals surface area contributed by atoms with E-state index in [-0.39, 0.29) is 0 Å². The summed E-state index contributed by atoms with van der Waals surface area (Å²) in [5, 5.41) is 8.18. The molecule has 2 aromatic rings. The van der Waals surface area contributed by atoms with Crippen molar-refractivity contribution >= 4 is 11.4 Å². The molecular formula is C20H26N2O. The maximum absolute atomic E-state index is 8.18. The molecule has 0 saturated carbocycles. The molecule has 0 spiro atoms. The minimum atomic E-state index is 0.700. The smallest absolute Gasteiger partial charge is 0.119 e. The third-order valence-corrected chi connectivity index (χ3v) is 3.84. The van der Waals surface area contributed by atoms with Crippen LogP contribution in [0.2, 0.25) is 0 Å². The number of nitrogens with zero attached hydrogens (tertiary/aromatic N) is 1. The lowest BCUT2D eigenvalue weighted by Gasteiger charge is -2.13. The van der Waals surface area contributed by atoms with Crippen molar-refractivity contribution in [2.75, 3.05) is 25.6 Å². The van der Waals surface area contributed by atoms with E-state index in [1.165, 1.54) is 5.56 Å². The van der Waals surface area contributed by atoms with E-state index in [2.05, 4.69) is 36.1 Å². The van der Waals surface area contributed by atoms with E-state index < -0.39 is 0 Å². The van der Waals surface area contributed by atoms with E-state index in [0.717, 1.165) is 36.3 Å². The van der Waals surface area contributed by atoms with Crippen LogP contribution in [0.4, 0.5) is 5.69 Å². The Morgan fingerprint density at radius 3 is 2.22 bits per heavy atom. The van der Waals surface area contributed by atoms with E-state index in [1.54, 1.807) is 0 Å². The summed E-state index contributed by atoms with van der Waals surface area (Å²) in [4.78, 5) is 2.07. The first-order valence-electron chi connectivity index (χ1n) is 8.11. The average molecular weight is 310 g/mol. The van der Waals surface area contributed by atoms with E-state index in [1.807, 2.05) is 38.4 Å². The third-order valence-electron chi connectivity index (χ3n) is 3.84. The summed E-state index contributed by atoms with van der Waals surface area (Å²) < 4.78 is 5.71. The molecule has 0 heterocycles. The first-order chi connectivity index (χ1) is 11.1. The van der Waals surface area contributed by atoms with Gasteiger partial charge in [0, 0.05) is 25.5 Å². The second-order valence-corrected chi connectivity index (χ2v) is 6.04. The molecule has 0 amide bonds. The highest BCUT2D eigenvalue weighted by atomic mass is 16.5. The highest BCUT2D eigenvalue weighted by Crippen LogP contribution is 2.15. The molecule has 0 aliphatic rings. The Bertz CT molecular complexity index is 615. The highest BCUT2D eigenvalue weighted by molar-refractivity contribution is 5.98. The molecule has 0 aliphatic heterocycles. The van der Waals surface area contributed by atoms with Crippen LogP contribution in [0.25, 0.3) is 0 Å². The molecule has 23 heavy (non-hydrogen) atoms. The molecule has 3 heteroatoms. The van der Waals surface area contributed by atoms with Gasteiger partial charge in [0.15, 0.2) is 0 Å². The molecule has 0 unspecified atom stereocenters. The SMILES string of the molecule is Cc1ccc(OCCCCC(=N)c2ccc(N(C)C)cc2)cc1. The average Bonchev–Trinajstić information content (AvgIpc) is 2.56. The Labute approximate surface area is 139 Å². The van der Waals surface area contributed by atoms with E-state index in [4.69, 9.17) is 10.1 Å². The van der Waals surface area contributed by atoms with Gasteiger partial charge in [0.05, 0.1) is 6.61 Å². The Hall–Kier alpha value is -2.29. The lowest BCUT2D eigenvalue weighted by Crippen LogP contribution is -2.09. The summed E-state index contributed by atoms with van der Waals surface area (Å²) in [6.07, 6.45) is 2.73. The maximum Gasteiger partial charge on any atom is 0.119 e. The molecule has 0 aliphatic carbocycles. The third kappa shape index (κ3) is 5.44. The van der Waals surface area contributed by atoms with Crippen molar-refractivity contribution in [3.8, 4) is 5.75 Å². The van der Waals surface area contributed by atoms with Crippen LogP contribution in [0, 0.1) is 12.3 Å². The van der Waals surface area contributed by atoms with Crippen LogP contribution in [0.5, 0.6) is 5.75 Å². The van der Waals surface area contributed by atoms with Gasteiger partial charge in [-0.1, -0.05) is 29.8 Å². The van der Waals surface area contributed by atoms with Crippen LogP contribution in [0.3, 0.4) is 0 Å². The van der Waals surface area contributed by atoms with E-state index >= 15 is 0 Å². The van der Waals surface area contributed by atoms with Gasteiger partial charge in [-0.3, -0.25) is 0 Å². The lowest BCUT2D eigenvalue weighted by molar-refractivity contribution is 0.308.